The molecule has 7 heteroatoms. The number of methoxy groups -OCH3 is 1. The second-order valence-corrected chi connectivity index (χ2v) is 8.44. The van der Waals surface area contributed by atoms with Gasteiger partial charge < -0.3 is 15.0 Å². The van der Waals surface area contributed by atoms with Crippen molar-refractivity contribution in [2.75, 3.05) is 13.7 Å². The van der Waals surface area contributed by atoms with E-state index >= 15 is 0 Å². The number of carbonyl (C=O) groups is 2. The smallest absolute Gasteiger partial charge is 0.242 e. The Morgan fingerprint density at radius 3 is 2.30 bits per heavy atom. The van der Waals surface area contributed by atoms with Gasteiger partial charge >= 0.3 is 0 Å². The molecule has 2 aromatic carbocycles. The molecule has 2 amide bonds. The summed E-state index contributed by atoms with van der Waals surface area (Å²) in [6.07, 6.45) is 0.164. The Bertz CT molecular complexity index is 869. The number of halogens is 2. The lowest BCUT2D eigenvalue weighted by molar-refractivity contribution is -0.140. The largest absolute Gasteiger partial charge is 0.497 e. The van der Waals surface area contributed by atoms with Gasteiger partial charge in [-0.05, 0) is 48.2 Å². The van der Waals surface area contributed by atoms with E-state index in [9.17, 15) is 9.59 Å². The highest BCUT2D eigenvalue weighted by Gasteiger charge is 2.27. The standard InChI is InChI=1S/C23H28Cl2N2O3/c1-15(2)13-26-23(29)16(3)27(14-18-7-8-19(24)12-21(18)25)22(28)11-17-5-9-20(30-4)10-6-17/h5-10,12,15-16H,11,13-14H2,1-4H3,(H,26,29)/t16-/m1/s1. The summed E-state index contributed by atoms with van der Waals surface area (Å²) in [6, 6.07) is 11.8. The lowest BCUT2D eigenvalue weighted by Crippen LogP contribution is -2.48. The first-order valence-corrected chi connectivity index (χ1v) is 10.6. The number of amides is 2. The van der Waals surface area contributed by atoms with Crippen LogP contribution in [0.2, 0.25) is 10.0 Å². The maximum Gasteiger partial charge on any atom is 0.242 e. The number of hydrogen-bond donors (Lipinski definition) is 1. The van der Waals surface area contributed by atoms with Gasteiger partial charge in [-0.2, -0.15) is 0 Å². The molecule has 0 unspecified atom stereocenters. The van der Waals surface area contributed by atoms with Gasteiger partial charge in [0.2, 0.25) is 11.8 Å². The molecule has 2 rings (SSSR count). The van der Waals surface area contributed by atoms with Crippen molar-refractivity contribution < 1.29 is 14.3 Å². The van der Waals surface area contributed by atoms with E-state index in [4.69, 9.17) is 27.9 Å². The van der Waals surface area contributed by atoms with Crippen LogP contribution in [0.4, 0.5) is 0 Å². The van der Waals surface area contributed by atoms with Gasteiger partial charge in [-0.15, -0.1) is 0 Å². The first kappa shape index (κ1) is 24.0. The second-order valence-electron chi connectivity index (χ2n) is 7.60. The van der Waals surface area contributed by atoms with Crippen molar-refractivity contribution in [2.45, 2.75) is 39.8 Å². The summed E-state index contributed by atoms with van der Waals surface area (Å²) < 4.78 is 5.17. The Kier molecular flexibility index (Phi) is 9.00. The van der Waals surface area contributed by atoms with E-state index in [1.165, 1.54) is 0 Å². The molecule has 2 aromatic rings. The summed E-state index contributed by atoms with van der Waals surface area (Å²) in [5.74, 6) is 0.669. The monoisotopic (exact) mass is 450 g/mol. The molecule has 0 bridgehead atoms. The van der Waals surface area contributed by atoms with Gasteiger partial charge in [0.15, 0.2) is 0 Å². The Morgan fingerprint density at radius 2 is 1.73 bits per heavy atom. The van der Waals surface area contributed by atoms with Crippen molar-refractivity contribution in [3.8, 4) is 5.75 Å². The Hall–Kier alpha value is -2.24. The van der Waals surface area contributed by atoms with Gasteiger partial charge in [0, 0.05) is 23.1 Å². The average molecular weight is 451 g/mol. The number of carbonyl (C=O) groups excluding carboxylic acids is 2. The molecule has 30 heavy (non-hydrogen) atoms. The lowest BCUT2D eigenvalue weighted by atomic mass is 10.1. The summed E-state index contributed by atoms with van der Waals surface area (Å²) in [6.45, 7) is 6.52. The average Bonchev–Trinajstić information content (AvgIpc) is 2.71. The third kappa shape index (κ3) is 6.92. The third-order valence-corrected chi connectivity index (χ3v) is 5.31. The minimum absolute atomic E-state index is 0.164. The van der Waals surface area contributed by atoms with E-state index in [-0.39, 0.29) is 24.8 Å². The minimum atomic E-state index is -0.652. The molecule has 1 atom stereocenters. The third-order valence-electron chi connectivity index (χ3n) is 4.72. The van der Waals surface area contributed by atoms with E-state index < -0.39 is 6.04 Å². The molecule has 0 aromatic heterocycles. The molecule has 0 aliphatic heterocycles. The van der Waals surface area contributed by atoms with Crippen LogP contribution in [0.3, 0.4) is 0 Å². The van der Waals surface area contributed by atoms with E-state index in [0.29, 0.717) is 22.5 Å². The SMILES string of the molecule is COc1ccc(CC(=O)N(Cc2ccc(Cl)cc2Cl)[C@H](C)C(=O)NCC(C)C)cc1. The summed E-state index contributed by atoms with van der Waals surface area (Å²) in [7, 11) is 1.59. The van der Waals surface area contributed by atoms with Gasteiger partial charge in [-0.1, -0.05) is 55.2 Å². The predicted molar refractivity (Wildman–Crippen MR) is 121 cm³/mol. The maximum atomic E-state index is 13.2. The normalized spacial score (nSPS) is 11.8. The molecule has 0 radical (unpaired) electrons. The van der Waals surface area contributed by atoms with Gasteiger partial charge in [0.1, 0.15) is 11.8 Å². The zero-order valence-corrected chi connectivity index (χ0v) is 19.3. The maximum absolute atomic E-state index is 13.2. The number of hydrogen-bond acceptors (Lipinski definition) is 3. The topological polar surface area (TPSA) is 58.6 Å². The fourth-order valence-corrected chi connectivity index (χ4v) is 3.36. The summed E-state index contributed by atoms with van der Waals surface area (Å²) >= 11 is 12.3. The molecular weight excluding hydrogens is 423 g/mol. The van der Waals surface area contributed by atoms with Crippen LogP contribution in [0.25, 0.3) is 0 Å². The molecule has 0 saturated heterocycles. The zero-order chi connectivity index (χ0) is 22.3. The fourth-order valence-electron chi connectivity index (χ4n) is 2.89. The van der Waals surface area contributed by atoms with E-state index in [2.05, 4.69) is 5.32 Å². The van der Waals surface area contributed by atoms with Crippen LogP contribution in [-0.4, -0.2) is 36.4 Å². The number of ether oxygens (including phenoxy) is 1. The number of nitrogens with zero attached hydrogens (tertiary/aromatic N) is 1. The van der Waals surface area contributed by atoms with E-state index in [1.54, 1.807) is 37.1 Å². The minimum Gasteiger partial charge on any atom is -0.497 e. The molecular formula is C23H28Cl2N2O3. The van der Waals surface area contributed by atoms with Gasteiger partial charge in [0.05, 0.1) is 13.5 Å². The predicted octanol–water partition coefficient (Wildman–Crippen LogP) is 4.73. The van der Waals surface area contributed by atoms with Crippen LogP contribution in [0.15, 0.2) is 42.5 Å². The molecule has 0 aliphatic rings. The molecule has 0 fully saturated rings. The Morgan fingerprint density at radius 1 is 1.07 bits per heavy atom. The molecule has 0 aliphatic carbocycles. The zero-order valence-electron chi connectivity index (χ0n) is 17.7. The molecule has 0 heterocycles. The van der Waals surface area contributed by atoms with Crippen LogP contribution in [0.5, 0.6) is 5.75 Å². The highest BCUT2D eigenvalue weighted by molar-refractivity contribution is 6.35. The van der Waals surface area contributed by atoms with Crippen LogP contribution in [0.1, 0.15) is 31.9 Å². The van der Waals surface area contributed by atoms with Crippen molar-refractivity contribution in [2.24, 2.45) is 5.92 Å². The van der Waals surface area contributed by atoms with Gasteiger partial charge in [-0.25, -0.2) is 0 Å². The molecule has 0 spiro atoms. The first-order valence-electron chi connectivity index (χ1n) is 9.85. The first-order chi connectivity index (χ1) is 14.2. The summed E-state index contributed by atoms with van der Waals surface area (Å²) in [4.78, 5) is 27.4. The van der Waals surface area contributed by atoms with Crippen molar-refractivity contribution in [1.29, 1.82) is 0 Å². The Balaban J connectivity index is 2.23. The van der Waals surface area contributed by atoms with Crippen LogP contribution in [0, 0.1) is 5.92 Å². The molecule has 5 nitrogen and oxygen atoms in total. The highest BCUT2D eigenvalue weighted by Crippen LogP contribution is 2.24. The van der Waals surface area contributed by atoms with E-state index in [1.807, 2.05) is 38.1 Å². The Labute approximate surface area is 188 Å². The van der Waals surface area contributed by atoms with Crippen molar-refractivity contribution in [3.63, 3.8) is 0 Å². The van der Waals surface area contributed by atoms with Crippen LogP contribution in [-0.2, 0) is 22.6 Å². The van der Waals surface area contributed by atoms with Crippen molar-refractivity contribution in [1.82, 2.24) is 10.2 Å². The van der Waals surface area contributed by atoms with Gasteiger partial charge in [0.25, 0.3) is 0 Å². The van der Waals surface area contributed by atoms with Gasteiger partial charge in [-0.3, -0.25) is 9.59 Å². The van der Waals surface area contributed by atoms with Crippen molar-refractivity contribution in [3.05, 3.63) is 63.6 Å². The fraction of sp³-hybridized carbons (Fsp3) is 0.391. The lowest BCUT2D eigenvalue weighted by Gasteiger charge is -2.29. The van der Waals surface area contributed by atoms with E-state index in [0.717, 1.165) is 16.9 Å². The summed E-state index contributed by atoms with van der Waals surface area (Å²) in [5.41, 5.74) is 1.57. The number of benzene rings is 2. The molecule has 0 saturated carbocycles. The van der Waals surface area contributed by atoms with Crippen LogP contribution < -0.4 is 10.1 Å². The number of rotatable bonds is 9. The highest BCUT2D eigenvalue weighted by atomic mass is 35.5. The van der Waals surface area contributed by atoms with Crippen LogP contribution >= 0.6 is 23.2 Å². The summed E-state index contributed by atoms with van der Waals surface area (Å²) in [5, 5.41) is 3.88. The number of nitrogens with one attached hydrogen (secondary N) is 1. The second kappa shape index (κ2) is 11.2. The van der Waals surface area contributed by atoms with Crippen molar-refractivity contribution >= 4 is 35.0 Å². The molecule has 162 valence electrons. The molecule has 1 N–H and O–H groups in total. The quantitative estimate of drug-likeness (QED) is 0.600.